The first kappa shape index (κ1) is 28.3. The lowest BCUT2D eigenvalue weighted by Crippen LogP contribution is -2.48. The van der Waals surface area contributed by atoms with Gasteiger partial charge in [0.05, 0.1) is 12.2 Å². The molecule has 0 bridgehead atoms. The van der Waals surface area contributed by atoms with Gasteiger partial charge in [0.15, 0.2) is 11.5 Å². The van der Waals surface area contributed by atoms with E-state index in [9.17, 15) is 23.1 Å². The molecular weight excluding hydrogens is 585 g/mol. The molecule has 0 amide bonds. The van der Waals surface area contributed by atoms with Gasteiger partial charge in [-0.05, 0) is 74.0 Å². The highest BCUT2D eigenvalue weighted by molar-refractivity contribution is 5.77. The fourth-order valence-corrected chi connectivity index (χ4v) is 7.85. The minimum absolute atomic E-state index is 0.0404. The van der Waals surface area contributed by atoms with Crippen LogP contribution in [0.2, 0.25) is 0 Å². The number of aromatic nitrogens is 5. The van der Waals surface area contributed by atoms with Gasteiger partial charge in [0.1, 0.15) is 5.39 Å². The molecule has 4 aromatic rings. The van der Waals surface area contributed by atoms with Gasteiger partial charge in [0, 0.05) is 49.2 Å². The SMILES string of the molecule is C=CCn1c(=O)c2cnc(Nc3ccc(N4C[C@H]5CN(C)C[C@H]5C4)cc3)nc2n1-c1ccc2c(n1)C(O)(C(F)(F)F)C1(CC1)C2. The summed E-state index contributed by atoms with van der Waals surface area (Å²) in [4.78, 5) is 31.6. The number of hydrogen-bond acceptors (Lipinski definition) is 8. The normalized spacial score (nSPS) is 25.2. The fourth-order valence-electron chi connectivity index (χ4n) is 7.85. The highest BCUT2D eigenvalue weighted by atomic mass is 19.4. The van der Waals surface area contributed by atoms with Crippen molar-refractivity contribution in [3.8, 4) is 5.82 Å². The summed E-state index contributed by atoms with van der Waals surface area (Å²) in [7, 11) is 2.18. The van der Waals surface area contributed by atoms with Gasteiger partial charge >= 0.3 is 6.18 Å². The van der Waals surface area contributed by atoms with E-state index in [2.05, 4.69) is 55.8 Å². The largest absolute Gasteiger partial charge is 0.423 e. The summed E-state index contributed by atoms with van der Waals surface area (Å²) in [5.41, 5.74) is -2.77. The smallest absolute Gasteiger partial charge is 0.375 e. The third-order valence-electron chi connectivity index (χ3n) is 10.2. The van der Waals surface area contributed by atoms with Crippen LogP contribution >= 0.6 is 0 Å². The molecule has 45 heavy (non-hydrogen) atoms. The molecule has 13 heteroatoms. The molecule has 3 atom stereocenters. The Bertz CT molecular complexity index is 1880. The molecule has 5 heterocycles. The highest BCUT2D eigenvalue weighted by Crippen LogP contribution is 2.69. The number of nitrogens with one attached hydrogen (secondary N) is 1. The van der Waals surface area contributed by atoms with Crippen LogP contribution in [0, 0.1) is 17.3 Å². The summed E-state index contributed by atoms with van der Waals surface area (Å²) in [6, 6.07) is 11.1. The Labute approximate surface area is 256 Å². The molecule has 2 aliphatic carbocycles. The number of hydrogen-bond donors (Lipinski definition) is 2. The van der Waals surface area contributed by atoms with E-state index in [0.29, 0.717) is 17.4 Å². The Morgan fingerprint density at radius 1 is 1.07 bits per heavy atom. The number of pyridine rings is 1. The van der Waals surface area contributed by atoms with Crippen molar-refractivity contribution < 1.29 is 18.3 Å². The van der Waals surface area contributed by atoms with Crippen LogP contribution in [0.1, 0.15) is 24.1 Å². The molecular formula is C32H33F3N8O2. The highest BCUT2D eigenvalue weighted by Gasteiger charge is 2.76. The van der Waals surface area contributed by atoms with Crippen LogP contribution in [-0.2, 0) is 18.6 Å². The Balaban J connectivity index is 1.14. The molecule has 2 N–H and O–H groups in total. The third kappa shape index (κ3) is 4.16. The lowest BCUT2D eigenvalue weighted by atomic mass is 9.85. The lowest BCUT2D eigenvalue weighted by molar-refractivity contribution is -0.289. The van der Waals surface area contributed by atoms with E-state index in [4.69, 9.17) is 0 Å². The first-order valence-corrected chi connectivity index (χ1v) is 15.2. The van der Waals surface area contributed by atoms with Crippen molar-refractivity contribution in [2.45, 2.75) is 37.6 Å². The minimum Gasteiger partial charge on any atom is -0.375 e. The summed E-state index contributed by atoms with van der Waals surface area (Å²) >= 11 is 0. The number of benzene rings is 1. The van der Waals surface area contributed by atoms with Gasteiger partial charge < -0.3 is 20.2 Å². The second kappa shape index (κ2) is 9.63. The van der Waals surface area contributed by atoms with Crippen molar-refractivity contribution in [2.75, 3.05) is 43.4 Å². The van der Waals surface area contributed by atoms with Crippen LogP contribution in [0.25, 0.3) is 16.9 Å². The Morgan fingerprint density at radius 2 is 1.78 bits per heavy atom. The minimum atomic E-state index is -4.90. The Kier molecular flexibility index (Phi) is 6.05. The number of fused-ring (bicyclic) bond motifs is 3. The van der Waals surface area contributed by atoms with Gasteiger partial charge in [-0.1, -0.05) is 12.1 Å². The summed E-state index contributed by atoms with van der Waals surface area (Å²) in [6.07, 6.45) is -1.36. The molecule has 3 fully saturated rings. The number of rotatable bonds is 6. The number of likely N-dealkylation sites (tertiary alicyclic amines) is 1. The van der Waals surface area contributed by atoms with Crippen LogP contribution in [0.4, 0.5) is 30.5 Å². The first-order chi connectivity index (χ1) is 21.5. The third-order valence-corrected chi connectivity index (χ3v) is 10.2. The maximum absolute atomic E-state index is 14.4. The summed E-state index contributed by atoms with van der Waals surface area (Å²) in [5, 5.41) is 14.5. The van der Waals surface area contributed by atoms with Crippen molar-refractivity contribution in [1.29, 1.82) is 0 Å². The van der Waals surface area contributed by atoms with Gasteiger partial charge in [-0.15, -0.1) is 6.58 Å². The molecule has 0 radical (unpaired) electrons. The van der Waals surface area contributed by atoms with E-state index in [1.807, 2.05) is 12.1 Å². The predicted octanol–water partition coefficient (Wildman–Crippen LogP) is 3.99. The molecule has 2 aliphatic heterocycles. The van der Waals surface area contributed by atoms with Crippen LogP contribution in [0.5, 0.6) is 0 Å². The van der Waals surface area contributed by atoms with Gasteiger partial charge in [-0.3, -0.25) is 4.79 Å². The number of allylic oxidation sites excluding steroid dienone is 1. The molecule has 1 aromatic carbocycles. The zero-order valence-corrected chi connectivity index (χ0v) is 24.8. The fraction of sp³-hybridized carbons (Fsp3) is 0.438. The maximum Gasteiger partial charge on any atom is 0.423 e. The number of halogens is 3. The van der Waals surface area contributed by atoms with E-state index in [-0.39, 0.29) is 48.6 Å². The maximum atomic E-state index is 14.4. The first-order valence-electron chi connectivity index (χ1n) is 15.2. The van der Waals surface area contributed by atoms with Crippen molar-refractivity contribution in [3.63, 3.8) is 0 Å². The van der Waals surface area contributed by atoms with E-state index in [1.54, 1.807) is 12.1 Å². The van der Waals surface area contributed by atoms with Gasteiger partial charge in [-0.25, -0.2) is 19.3 Å². The average Bonchev–Trinajstić information content (AvgIpc) is 3.31. The van der Waals surface area contributed by atoms with Gasteiger partial charge in [0.25, 0.3) is 5.56 Å². The molecule has 234 valence electrons. The van der Waals surface area contributed by atoms with Crippen molar-refractivity contribution in [1.82, 2.24) is 29.2 Å². The second-order valence-corrected chi connectivity index (χ2v) is 13.1. The summed E-state index contributed by atoms with van der Waals surface area (Å²) < 4.78 is 45.9. The summed E-state index contributed by atoms with van der Waals surface area (Å²) in [5.74, 6) is 1.63. The number of alkyl halides is 3. The standard InChI is InChI=1S/C32H33F3N8O2/c1-3-12-42-28(44)24-14-36-29(37-22-5-7-23(8-6-22)41-17-20-15-40(2)16-21(20)18-41)39-27(24)43(42)25-9-4-19-13-30(10-11-30)31(45,26(19)38-25)32(33,34)35/h3-9,14,20-21,45H,1,10-13,15-18H2,2H3,(H,36,37,39)/t20-,21+,31?. The van der Waals surface area contributed by atoms with Crippen LogP contribution in [-0.4, -0.2) is 73.7 Å². The Hall–Kier alpha value is -4.23. The lowest BCUT2D eigenvalue weighted by Gasteiger charge is -2.32. The van der Waals surface area contributed by atoms with Crippen molar-refractivity contribution in [3.05, 3.63) is 76.9 Å². The molecule has 10 nitrogen and oxygen atoms in total. The molecule has 1 unspecified atom stereocenters. The second-order valence-electron chi connectivity index (χ2n) is 13.1. The van der Waals surface area contributed by atoms with Gasteiger partial charge in [-0.2, -0.15) is 18.2 Å². The van der Waals surface area contributed by atoms with E-state index >= 15 is 0 Å². The molecule has 4 aliphatic rings. The van der Waals surface area contributed by atoms with E-state index in [0.717, 1.165) is 37.6 Å². The Morgan fingerprint density at radius 3 is 2.42 bits per heavy atom. The molecule has 3 aromatic heterocycles. The van der Waals surface area contributed by atoms with Gasteiger partial charge in [0.2, 0.25) is 11.5 Å². The molecule has 1 saturated carbocycles. The van der Waals surface area contributed by atoms with Crippen LogP contribution in [0.15, 0.2) is 60.0 Å². The summed E-state index contributed by atoms with van der Waals surface area (Å²) in [6.45, 7) is 8.13. The molecule has 1 spiro atoms. The molecule has 2 saturated heterocycles. The van der Waals surface area contributed by atoms with Crippen molar-refractivity contribution in [2.24, 2.45) is 17.3 Å². The number of anilines is 3. The van der Waals surface area contributed by atoms with Crippen LogP contribution < -0.4 is 15.8 Å². The predicted molar refractivity (Wildman–Crippen MR) is 163 cm³/mol. The zero-order chi connectivity index (χ0) is 31.3. The quantitative estimate of drug-likeness (QED) is 0.313. The van der Waals surface area contributed by atoms with Crippen LogP contribution in [0.3, 0.4) is 0 Å². The topological polar surface area (TPSA) is 104 Å². The van der Waals surface area contributed by atoms with Crippen molar-refractivity contribution >= 4 is 28.4 Å². The monoisotopic (exact) mass is 618 g/mol. The average molecular weight is 619 g/mol. The van der Waals surface area contributed by atoms with E-state index in [1.165, 1.54) is 21.6 Å². The van der Waals surface area contributed by atoms with E-state index < -0.39 is 28.4 Å². The number of nitrogens with zero attached hydrogens (tertiary/aromatic N) is 7. The zero-order valence-electron chi connectivity index (χ0n) is 24.8. The molecule has 8 rings (SSSR count). The number of aliphatic hydroxyl groups is 1.